The van der Waals surface area contributed by atoms with Crippen molar-refractivity contribution in [2.24, 2.45) is 0 Å². The fourth-order valence-corrected chi connectivity index (χ4v) is 3.18. The Kier molecular flexibility index (Phi) is 3.64. The highest BCUT2D eigenvalue weighted by Crippen LogP contribution is 2.31. The van der Waals surface area contributed by atoms with E-state index in [2.05, 4.69) is 16.1 Å². The molecule has 3 heterocycles. The van der Waals surface area contributed by atoms with E-state index in [4.69, 9.17) is 14.7 Å². The van der Waals surface area contributed by atoms with Crippen molar-refractivity contribution in [3.05, 3.63) is 41.7 Å². The first-order valence-corrected chi connectivity index (χ1v) is 7.89. The minimum absolute atomic E-state index is 0.0230. The molecule has 0 radical (unpaired) electrons. The first-order chi connectivity index (χ1) is 11.3. The van der Waals surface area contributed by atoms with E-state index >= 15 is 0 Å². The fourth-order valence-electron chi connectivity index (χ4n) is 3.18. The van der Waals surface area contributed by atoms with Crippen LogP contribution >= 0.6 is 0 Å². The predicted octanol–water partition coefficient (Wildman–Crippen LogP) is 1.80. The second kappa shape index (κ2) is 5.94. The van der Waals surface area contributed by atoms with Gasteiger partial charge in [0.05, 0.1) is 5.69 Å². The van der Waals surface area contributed by atoms with E-state index in [0.29, 0.717) is 12.3 Å². The van der Waals surface area contributed by atoms with Gasteiger partial charge in [-0.2, -0.15) is 10.4 Å². The third-order valence-corrected chi connectivity index (χ3v) is 4.24. The third kappa shape index (κ3) is 2.88. The van der Waals surface area contributed by atoms with Gasteiger partial charge in [-0.25, -0.2) is 0 Å². The number of hydrogen-bond donors (Lipinski definition) is 0. The summed E-state index contributed by atoms with van der Waals surface area (Å²) in [6.07, 6.45) is 1.04. The number of aryl methyl sites for hydroxylation is 1. The van der Waals surface area contributed by atoms with E-state index in [1.807, 2.05) is 35.0 Å². The van der Waals surface area contributed by atoms with Gasteiger partial charge in [0.15, 0.2) is 17.2 Å². The molecule has 0 bridgehead atoms. The van der Waals surface area contributed by atoms with Gasteiger partial charge in [0, 0.05) is 26.2 Å². The summed E-state index contributed by atoms with van der Waals surface area (Å²) >= 11 is 0. The van der Waals surface area contributed by atoms with Crippen LogP contribution in [0.4, 0.5) is 0 Å². The Morgan fingerprint density at radius 1 is 1.26 bits per heavy atom. The molecule has 6 nitrogen and oxygen atoms in total. The average Bonchev–Trinajstić information content (AvgIpc) is 2.87. The number of fused-ring (bicyclic) bond motifs is 2. The Hall–Kier alpha value is -2.52. The molecule has 0 fully saturated rings. The maximum atomic E-state index is 9.00. The molecule has 23 heavy (non-hydrogen) atoms. The van der Waals surface area contributed by atoms with Gasteiger partial charge in [0.2, 0.25) is 0 Å². The molecule has 4 rings (SSSR count). The number of nitriles is 1. The van der Waals surface area contributed by atoms with Crippen LogP contribution in [0.3, 0.4) is 0 Å². The van der Waals surface area contributed by atoms with Gasteiger partial charge in [-0.15, -0.1) is 0 Å². The van der Waals surface area contributed by atoms with Crippen LogP contribution in [0.1, 0.15) is 17.8 Å². The maximum absolute atomic E-state index is 9.00. The second-order valence-corrected chi connectivity index (χ2v) is 5.94. The van der Waals surface area contributed by atoms with Gasteiger partial charge in [-0.1, -0.05) is 12.1 Å². The Balaban J connectivity index is 1.44. The smallest absolute Gasteiger partial charge is 0.162 e. The fraction of sp³-hybridized carbons (Fsp3) is 0.412. The number of para-hydroxylation sites is 2. The lowest BCUT2D eigenvalue weighted by molar-refractivity contribution is 0.0569. The summed E-state index contributed by atoms with van der Waals surface area (Å²) in [5.74, 6) is 1.63. The van der Waals surface area contributed by atoms with Gasteiger partial charge in [-0.3, -0.25) is 9.58 Å². The lowest BCUT2D eigenvalue weighted by Crippen LogP contribution is -2.40. The monoisotopic (exact) mass is 310 g/mol. The van der Waals surface area contributed by atoms with Crippen LogP contribution < -0.4 is 9.47 Å². The molecule has 0 saturated heterocycles. The first kappa shape index (κ1) is 14.1. The van der Waals surface area contributed by atoms with Gasteiger partial charge in [0.25, 0.3) is 0 Å². The molecule has 0 unspecified atom stereocenters. The van der Waals surface area contributed by atoms with Crippen LogP contribution in [0.2, 0.25) is 0 Å². The van der Waals surface area contributed by atoms with Crippen LogP contribution in [-0.4, -0.2) is 40.5 Å². The van der Waals surface area contributed by atoms with E-state index in [-0.39, 0.29) is 6.10 Å². The van der Waals surface area contributed by atoms with E-state index < -0.39 is 0 Å². The number of benzene rings is 1. The van der Waals surface area contributed by atoms with Gasteiger partial charge >= 0.3 is 0 Å². The summed E-state index contributed by atoms with van der Waals surface area (Å²) in [4.78, 5) is 2.35. The van der Waals surface area contributed by atoms with Crippen molar-refractivity contribution in [2.45, 2.75) is 25.6 Å². The van der Waals surface area contributed by atoms with E-state index in [1.54, 1.807) is 0 Å². The van der Waals surface area contributed by atoms with E-state index in [9.17, 15) is 0 Å². The highest BCUT2D eigenvalue weighted by atomic mass is 16.6. The molecule has 1 aromatic heterocycles. The topological polar surface area (TPSA) is 63.3 Å². The minimum atomic E-state index is 0.0230. The van der Waals surface area contributed by atoms with Crippen LogP contribution in [0.5, 0.6) is 11.5 Å². The molecule has 1 atom stereocenters. The molecule has 2 aliphatic heterocycles. The molecule has 2 aromatic rings. The molecule has 118 valence electrons. The minimum Gasteiger partial charge on any atom is -0.486 e. The van der Waals surface area contributed by atoms with Crippen LogP contribution in [0.15, 0.2) is 30.3 Å². The van der Waals surface area contributed by atoms with Crippen LogP contribution in [0.25, 0.3) is 0 Å². The number of nitrogens with zero attached hydrogens (tertiary/aromatic N) is 4. The highest BCUT2D eigenvalue weighted by molar-refractivity contribution is 5.40. The highest BCUT2D eigenvalue weighted by Gasteiger charge is 2.25. The second-order valence-electron chi connectivity index (χ2n) is 5.94. The number of rotatable bonds is 2. The largest absolute Gasteiger partial charge is 0.486 e. The molecule has 0 saturated carbocycles. The Morgan fingerprint density at radius 3 is 3.00 bits per heavy atom. The predicted molar refractivity (Wildman–Crippen MR) is 83.2 cm³/mol. The standard InChI is InChI=1S/C17H18N4O2/c18-9-13-8-14-10-20(6-3-7-21(14)19-13)11-15-12-22-16-4-1-2-5-17(16)23-15/h1-2,4-5,8,15H,3,6-7,10-12H2/t15-/m0/s1. The third-order valence-electron chi connectivity index (χ3n) is 4.24. The molecule has 6 heteroatoms. The number of ether oxygens (including phenoxy) is 2. The van der Waals surface area contributed by atoms with E-state index in [0.717, 1.165) is 49.8 Å². The summed E-state index contributed by atoms with van der Waals surface area (Å²) in [5.41, 5.74) is 1.59. The van der Waals surface area contributed by atoms with Crippen molar-refractivity contribution in [1.82, 2.24) is 14.7 Å². The summed E-state index contributed by atoms with van der Waals surface area (Å²) < 4.78 is 13.8. The van der Waals surface area contributed by atoms with Crippen molar-refractivity contribution in [2.75, 3.05) is 19.7 Å². The first-order valence-electron chi connectivity index (χ1n) is 7.89. The zero-order chi connectivity index (χ0) is 15.6. The Bertz CT molecular complexity index is 749. The SMILES string of the molecule is N#Cc1cc2n(n1)CCCN(C[C@H]1COc3ccccc3O1)C2. The van der Waals surface area contributed by atoms with Crippen molar-refractivity contribution < 1.29 is 9.47 Å². The number of aromatic nitrogens is 2. The van der Waals surface area contributed by atoms with Gasteiger partial charge < -0.3 is 9.47 Å². The Labute approximate surface area is 134 Å². The molecule has 0 amide bonds. The normalized spacial score (nSPS) is 20.4. The number of hydrogen-bond acceptors (Lipinski definition) is 5. The van der Waals surface area contributed by atoms with Crippen molar-refractivity contribution in [1.29, 1.82) is 5.26 Å². The molecule has 0 N–H and O–H groups in total. The maximum Gasteiger partial charge on any atom is 0.162 e. The zero-order valence-corrected chi connectivity index (χ0v) is 12.8. The lowest BCUT2D eigenvalue weighted by Gasteiger charge is -2.30. The van der Waals surface area contributed by atoms with Crippen molar-refractivity contribution >= 4 is 0 Å². The quantitative estimate of drug-likeness (QED) is 0.846. The molecular weight excluding hydrogens is 292 g/mol. The van der Waals surface area contributed by atoms with Gasteiger partial charge in [-0.05, 0) is 24.6 Å². The summed E-state index contributed by atoms with van der Waals surface area (Å²) in [7, 11) is 0. The van der Waals surface area contributed by atoms with Crippen molar-refractivity contribution in [3.8, 4) is 17.6 Å². The molecule has 1 aromatic carbocycles. The van der Waals surface area contributed by atoms with Crippen molar-refractivity contribution in [3.63, 3.8) is 0 Å². The average molecular weight is 310 g/mol. The molecular formula is C17H18N4O2. The van der Waals surface area contributed by atoms with Crippen LogP contribution in [0, 0.1) is 11.3 Å². The molecule has 0 spiro atoms. The molecule has 2 aliphatic rings. The Morgan fingerprint density at radius 2 is 2.13 bits per heavy atom. The summed E-state index contributed by atoms with van der Waals surface area (Å²) in [6.45, 7) is 4.01. The van der Waals surface area contributed by atoms with Crippen LogP contribution in [-0.2, 0) is 13.1 Å². The van der Waals surface area contributed by atoms with Gasteiger partial charge in [0.1, 0.15) is 18.8 Å². The molecule has 0 aliphatic carbocycles. The summed E-state index contributed by atoms with van der Waals surface area (Å²) in [5, 5.41) is 13.3. The summed E-state index contributed by atoms with van der Waals surface area (Å²) in [6, 6.07) is 11.8. The zero-order valence-electron chi connectivity index (χ0n) is 12.8. The van der Waals surface area contributed by atoms with E-state index in [1.165, 1.54) is 0 Å². The lowest BCUT2D eigenvalue weighted by atomic mass is 10.2.